The lowest BCUT2D eigenvalue weighted by atomic mass is 10.1. The second-order valence-corrected chi connectivity index (χ2v) is 6.53. The van der Waals surface area contributed by atoms with Crippen LogP contribution in [0, 0.1) is 0 Å². The lowest BCUT2D eigenvalue weighted by Crippen LogP contribution is -2.53. The number of pyridine rings is 1. The Morgan fingerprint density at radius 2 is 2.15 bits per heavy atom. The van der Waals surface area contributed by atoms with Crippen LogP contribution in [0.2, 0.25) is 0 Å². The van der Waals surface area contributed by atoms with E-state index in [9.17, 15) is 18.3 Å². The first-order valence-corrected chi connectivity index (χ1v) is 7.79. The second kappa shape index (κ2) is 5.86. The van der Waals surface area contributed by atoms with E-state index < -0.39 is 28.1 Å². The number of primary amides is 1. The number of carbonyl (C=O) groups excluding carboxylic acids is 1. The summed E-state index contributed by atoms with van der Waals surface area (Å²) >= 11 is 0. The van der Waals surface area contributed by atoms with Gasteiger partial charge in [-0.15, -0.1) is 0 Å². The second-order valence-electron chi connectivity index (χ2n) is 4.69. The number of amides is 1. The Hall–Kier alpha value is -1.51. The van der Waals surface area contributed by atoms with E-state index in [2.05, 4.69) is 4.98 Å². The van der Waals surface area contributed by atoms with Gasteiger partial charge in [-0.1, -0.05) is 6.07 Å². The monoisotopic (exact) mass is 299 g/mol. The molecule has 1 amide bonds. The fraction of sp³-hybridized carbons (Fsp3) is 0.500. The van der Waals surface area contributed by atoms with Gasteiger partial charge >= 0.3 is 0 Å². The zero-order chi connectivity index (χ0) is 14.8. The van der Waals surface area contributed by atoms with Gasteiger partial charge in [-0.3, -0.25) is 4.79 Å². The molecule has 1 saturated heterocycles. The molecule has 1 aromatic rings. The summed E-state index contributed by atoms with van der Waals surface area (Å²) in [5.74, 6) is -0.848. The van der Waals surface area contributed by atoms with E-state index in [0.717, 1.165) is 4.31 Å². The Kier molecular flexibility index (Phi) is 4.36. The molecule has 2 heterocycles. The van der Waals surface area contributed by atoms with Crippen LogP contribution < -0.4 is 5.73 Å². The number of aliphatic hydroxyl groups excluding tert-OH is 1. The molecule has 3 N–H and O–H groups in total. The van der Waals surface area contributed by atoms with E-state index >= 15 is 0 Å². The van der Waals surface area contributed by atoms with Crippen LogP contribution in [0.1, 0.15) is 19.3 Å². The number of rotatable bonds is 3. The van der Waals surface area contributed by atoms with Crippen LogP contribution in [0.25, 0.3) is 0 Å². The van der Waals surface area contributed by atoms with Crippen molar-refractivity contribution in [3.8, 4) is 0 Å². The van der Waals surface area contributed by atoms with Crippen molar-refractivity contribution in [3.05, 3.63) is 24.4 Å². The van der Waals surface area contributed by atoms with Gasteiger partial charge < -0.3 is 10.8 Å². The Morgan fingerprint density at radius 1 is 1.40 bits per heavy atom. The maximum atomic E-state index is 12.5. The summed E-state index contributed by atoms with van der Waals surface area (Å²) in [5, 5.41) is 9.82. The SMILES string of the molecule is NC(=O)C1C(O)CCCCN1S(=O)(=O)c1ccccn1. The summed E-state index contributed by atoms with van der Waals surface area (Å²) in [5.41, 5.74) is 5.27. The van der Waals surface area contributed by atoms with Gasteiger partial charge in [0.05, 0.1) is 6.10 Å². The fourth-order valence-corrected chi connectivity index (χ4v) is 3.93. The van der Waals surface area contributed by atoms with E-state index in [1.54, 1.807) is 12.1 Å². The average Bonchev–Trinajstić information content (AvgIpc) is 2.62. The zero-order valence-electron chi connectivity index (χ0n) is 10.8. The van der Waals surface area contributed by atoms with Gasteiger partial charge in [0.25, 0.3) is 10.0 Å². The smallest absolute Gasteiger partial charge is 0.261 e. The van der Waals surface area contributed by atoms with Gasteiger partial charge in [0.15, 0.2) is 5.03 Å². The van der Waals surface area contributed by atoms with Gasteiger partial charge in [0.2, 0.25) is 5.91 Å². The molecule has 7 nitrogen and oxygen atoms in total. The summed E-state index contributed by atoms with van der Waals surface area (Å²) in [6.45, 7) is 0.142. The van der Waals surface area contributed by atoms with E-state index in [0.29, 0.717) is 19.3 Å². The third-order valence-corrected chi connectivity index (χ3v) is 5.10. The number of nitrogens with two attached hydrogens (primary N) is 1. The third kappa shape index (κ3) is 2.82. The highest BCUT2D eigenvalue weighted by atomic mass is 32.2. The minimum absolute atomic E-state index is 0.142. The molecule has 0 bridgehead atoms. The molecular formula is C12H17N3O4S. The number of aliphatic hydroxyl groups is 1. The molecule has 2 rings (SSSR count). The first-order valence-electron chi connectivity index (χ1n) is 6.35. The Balaban J connectivity index is 2.44. The highest BCUT2D eigenvalue weighted by Gasteiger charge is 2.40. The van der Waals surface area contributed by atoms with Crippen LogP contribution >= 0.6 is 0 Å². The Labute approximate surface area is 117 Å². The van der Waals surface area contributed by atoms with Crippen LogP contribution in [0.5, 0.6) is 0 Å². The molecule has 1 fully saturated rings. The van der Waals surface area contributed by atoms with Crippen LogP contribution in [-0.4, -0.2) is 47.4 Å². The van der Waals surface area contributed by atoms with Gasteiger partial charge in [-0.2, -0.15) is 4.31 Å². The van der Waals surface area contributed by atoms with E-state index in [1.165, 1.54) is 12.3 Å². The number of aromatic nitrogens is 1. The number of nitrogens with zero attached hydrogens (tertiary/aromatic N) is 2. The average molecular weight is 299 g/mol. The van der Waals surface area contributed by atoms with Crippen LogP contribution in [0.15, 0.2) is 29.4 Å². The molecule has 1 aromatic heterocycles. The predicted octanol–water partition coefficient (Wildman–Crippen LogP) is -0.529. The third-order valence-electron chi connectivity index (χ3n) is 3.31. The van der Waals surface area contributed by atoms with Crippen LogP contribution in [0.3, 0.4) is 0 Å². The molecule has 2 unspecified atom stereocenters. The molecule has 8 heteroatoms. The molecule has 0 aromatic carbocycles. The van der Waals surface area contributed by atoms with Crippen molar-refractivity contribution in [2.75, 3.05) is 6.54 Å². The minimum atomic E-state index is -3.95. The van der Waals surface area contributed by atoms with E-state index in [1.807, 2.05) is 0 Å². The summed E-state index contributed by atoms with van der Waals surface area (Å²) in [6.07, 6.45) is 1.82. The van der Waals surface area contributed by atoms with Gasteiger partial charge in [0, 0.05) is 12.7 Å². The largest absolute Gasteiger partial charge is 0.391 e. The molecule has 2 atom stereocenters. The first-order chi connectivity index (χ1) is 9.44. The fourth-order valence-electron chi connectivity index (χ4n) is 2.33. The molecule has 0 aliphatic carbocycles. The summed E-state index contributed by atoms with van der Waals surface area (Å²) < 4.78 is 26.1. The van der Waals surface area contributed by atoms with Gasteiger partial charge in [-0.25, -0.2) is 13.4 Å². The van der Waals surface area contributed by atoms with Crippen molar-refractivity contribution in [3.63, 3.8) is 0 Å². The predicted molar refractivity (Wildman–Crippen MR) is 71.0 cm³/mol. The van der Waals surface area contributed by atoms with E-state index in [-0.39, 0.29) is 11.6 Å². The lowest BCUT2D eigenvalue weighted by Gasteiger charge is -2.28. The maximum absolute atomic E-state index is 12.5. The Morgan fingerprint density at radius 3 is 2.75 bits per heavy atom. The molecule has 0 radical (unpaired) electrons. The Bertz CT molecular complexity index is 576. The van der Waals surface area contributed by atoms with Gasteiger partial charge in [-0.05, 0) is 31.4 Å². The summed E-state index contributed by atoms with van der Waals surface area (Å²) in [6, 6.07) is 3.25. The van der Waals surface area contributed by atoms with Crippen LogP contribution in [-0.2, 0) is 14.8 Å². The molecular weight excluding hydrogens is 282 g/mol. The molecule has 0 saturated carbocycles. The number of hydrogen-bond acceptors (Lipinski definition) is 5. The molecule has 1 aliphatic heterocycles. The van der Waals surface area contributed by atoms with Crippen molar-refractivity contribution < 1.29 is 18.3 Å². The molecule has 0 spiro atoms. The topological polar surface area (TPSA) is 114 Å². The first kappa shape index (κ1) is 14.9. The van der Waals surface area contributed by atoms with E-state index in [4.69, 9.17) is 5.73 Å². The molecule has 20 heavy (non-hydrogen) atoms. The number of carbonyl (C=O) groups is 1. The highest BCUT2D eigenvalue weighted by molar-refractivity contribution is 7.89. The van der Waals surface area contributed by atoms with Crippen molar-refractivity contribution in [2.45, 2.75) is 36.4 Å². The van der Waals surface area contributed by atoms with Gasteiger partial charge in [0.1, 0.15) is 6.04 Å². The maximum Gasteiger partial charge on any atom is 0.261 e. The lowest BCUT2D eigenvalue weighted by molar-refractivity contribution is -0.124. The minimum Gasteiger partial charge on any atom is -0.391 e. The van der Waals surface area contributed by atoms with Crippen LogP contribution in [0.4, 0.5) is 0 Å². The number of hydrogen-bond donors (Lipinski definition) is 2. The van der Waals surface area contributed by atoms with Crippen molar-refractivity contribution in [1.29, 1.82) is 0 Å². The summed E-state index contributed by atoms with van der Waals surface area (Å²) in [4.78, 5) is 15.4. The number of sulfonamides is 1. The molecule has 1 aliphatic rings. The van der Waals surface area contributed by atoms with Crippen molar-refractivity contribution >= 4 is 15.9 Å². The highest BCUT2D eigenvalue weighted by Crippen LogP contribution is 2.24. The van der Waals surface area contributed by atoms with Crippen molar-refractivity contribution in [1.82, 2.24) is 9.29 Å². The standard InChI is InChI=1S/C12H17N3O4S/c13-12(17)11-9(16)5-2-4-8-15(11)20(18,19)10-6-1-3-7-14-10/h1,3,6-7,9,11,16H,2,4-5,8H2,(H2,13,17). The van der Waals surface area contributed by atoms with Crippen molar-refractivity contribution in [2.24, 2.45) is 5.73 Å². The summed E-state index contributed by atoms with van der Waals surface area (Å²) in [7, 11) is -3.95. The normalized spacial score (nSPS) is 25.1. The quantitative estimate of drug-likeness (QED) is 0.779. The molecule has 110 valence electrons. The zero-order valence-corrected chi connectivity index (χ0v) is 11.7.